The van der Waals surface area contributed by atoms with Gasteiger partial charge in [-0.15, -0.1) is 0 Å². The smallest absolute Gasteiger partial charge is 0.261 e. The third-order valence-corrected chi connectivity index (χ3v) is 8.41. The number of halogens is 1. The Balaban J connectivity index is 1.72. The summed E-state index contributed by atoms with van der Waals surface area (Å²) in [6.07, 6.45) is 1.44. The van der Waals surface area contributed by atoms with Crippen molar-refractivity contribution in [1.82, 2.24) is 19.8 Å². The quantitative estimate of drug-likeness (QED) is 0.521. The minimum Gasteiger partial charge on any atom is -0.314 e. The van der Waals surface area contributed by atoms with Gasteiger partial charge in [-0.1, -0.05) is 22.9 Å². The topological polar surface area (TPSA) is 108 Å². The van der Waals surface area contributed by atoms with Gasteiger partial charge in [-0.25, -0.2) is 13.4 Å². The highest BCUT2D eigenvalue weighted by Gasteiger charge is 2.19. The lowest BCUT2D eigenvalue weighted by molar-refractivity contribution is 0.233. The Morgan fingerprint density at radius 3 is 2.61 bits per heavy atom. The molecule has 4 rings (SSSR count). The van der Waals surface area contributed by atoms with Crippen LogP contribution in [0.2, 0.25) is 0 Å². The molecule has 172 valence electrons. The van der Waals surface area contributed by atoms with Crippen LogP contribution in [0, 0.1) is 11.3 Å². The van der Waals surface area contributed by atoms with Gasteiger partial charge < -0.3 is 5.32 Å². The number of hydrogen-bond donors (Lipinski definition) is 1. The minimum atomic E-state index is -3.52. The van der Waals surface area contributed by atoms with E-state index in [9.17, 15) is 18.5 Å². The van der Waals surface area contributed by atoms with Crippen molar-refractivity contribution in [3.8, 4) is 6.07 Å². The maximum absolute atomic E-state index is 13.2. The summed E-state index contributed by atoms with van der Waals surface area (Å²) in [7, 11) is -3.52. The van der Waals surface area contributed by atoms with Gasteiger partial charge in [-0.3, -0.25) is 14.3 Å². The van der Waals surface area contributed by atoms with Crippen molar-refractivity contribution < 1.29 is 8.42 Å². The summed E-state index contributed by atoms with van der Waals surface area (Å²) in [6.45, 7) is 6.17. The molecule has 33 heavy (non-hydrogen) atoms. The molecule has 1 aliphatic heterocycles. The van der Waals surface area contributed by atoms with Crippen LogP contribution in [0.1, 0.15) is 23.6 Å². The number of sulfone groups is 1. The average Bonchev–Trinajstić information content (AvgIpc) is 2.82. The first kappa shape index (κ1) is 23.6. The van der Waals surface area contributed by atoms with Crippen molar-refractivity contribution >= 4 is 36.7 Å². The fraction of sp³-hybridized carbons (Fsp3) is 0.348. The lowest BCUT2D eigenvalue weighted by Crippen LogP contribution is -2.42. The molecule has 0 unspecified atom stereocenters. The van der Waals surface area contributed by atoms with E-state index in [1.807, 2.05) is 12.1 Å². The lowest BCUT2D eigenvalue weighted by atomic mass is 10.1. The van der Waals surface area contributed by atoms with E-state index in [0.29, 0.717) is 22.0 Å². The minimum absolute atomic E-state index is 0.00596. The Bertz CT molecular complexity index is 1410. The molecular weight excluding hydrogens is 506 g/mol. The van der Waals surface area contributed by atoms with E-state index in [4.69, 9.17) is 0 Å². The van der Waals surface area contributed by atoms with Crippen LogP contribution in [0.25, 0.3) is 10.9 Å². The summed E-state index contributed by atoms with van der Waals surface area (Å²) in [5.74, 6) is -0.0699. The summed E-state index contributed by atoms with van der Waals surface area (Å²) in [5, 5.41) is 13.0. The molecule has 0 saturated carbocycles. The Morgan fingerprint density at radius 2 is 1.91 bits per heavy atom. The molecule has 1 N–H and O–H groups in total. The molecule has 3 aromatic rings. The molecule has 0 radical (unpaired) electrons. The number of hydrogen-bond acceptors (Lipinski definition) is 7. The van der Waals surface area contributed by atoms with E-state index >= 15 is 0 Å². The van der Waals surface area contributed by atoms with Crippen molar-refractivity contribution in [2.45, 2.75) is 24.9 Å². The molecule has 1 fully saturated rings. The van der Waals surface area contributed by atoms with E-state index in [0.717, 1.165) is 42.8 Å². The maximum atomic E-state index is 13.2. The standard InChI is InChI=1S/C23H24BrN5O3S/c1-2-33(31,32)22-4-3-16(12-25)9-18(22)14-29-15-27-21-10-17(13-28-7-5-26-6-8-28)20(24)11-19(21)23(29)30/h3-4,9-11,15,26H,2,5-8,13-14H2,1H3. The number of rotatable bonds is 6. The molecule has 0 bridgehead atoms. The molecule has 0 spiro atoms. The maximum Gasteiger partial charge on any atom is 0.261 e. The first-order valence-corrected chi connectivity index (χ1v) is 13.1. The predicted octanol–water partition coefficient (Wildman–Crippen LogP) is 2.28. The molecule has 1 aromatic heterocycles. The molecule has 2 heterocycles. The summed E-state index contributed by atoms with van der Waals surface area (Å²) < 4.78 is 27.3. The van der Waals surface area contributed by atoms with Gasteiger partial charge in [-0.05, 0) is 41.5 Å². The summed E-state index contributed by atoms with van der Waals surface area (Å²) in [5.41, 5.74) is 2.12. The van der Waals surface area contributed by atoms with Gasteiger partial charge >= 0.3 is 0 Å². The lowest BCUT2D eigenvalue weighted by Gasteiger charge is -2.27. The molecule has 0 atom stereocenters. The Hall–Kier alpha value is -2.58. The fourth-order valence-corrected chi connectivity index (χ4v) is 5.56. The van der Waals surface area contributed by atoms with Crippen LogP contribution < -0.4 is 10.9 Å². The first-order valence-electron chi connectivity index (χ1n) is 10.7. The number of nitrogens with zero attached hydrogens (tertiary/aromatic N) is 4. The van der Waals surface area contributed by atoms with Gasteiger partial charge in [0.1, 0.15) is 0 Å². The zero-order valence-corrected chi connectivity index (χ0v) is 20.6. The molecular formula is C23H24BrN5O3S. The van der Waals surface area contributed by atoms with Crippen molar-refractivity contribution in [3.05, 3.63) is 68.2 Å². The van der Waals surface area contributed by atoms with Gasteiger partial charge in [0.2, 0.25) is 0 Å². The van der Waals surface area contributed by atoms with Crippen LogP contribution in [0.15, 0.2) is 50.8 Å². The van der Waals surface area contributed by atoms with Crippen molar-refractivity contribution in [2.75, 3.05) is 31.9 Å². The average molecular weight is 530 g/mol. The first-order chi connectivity index (χ1) is 15.8. The number of fused-ring (bicyclic) bond motifs is 1. The molecule has 2 aromatic carbocycles. The number of nitriles is 1. The van der Waals surface area contributed by atoms with Gasteiger partial charge in [0.05, 0.1) is 46.1 Å². The second-order valence-corrected chi connectivity index (χ2v) is 11.1. The number of aromatic nitrogens is 2. The highest BCUT2D eigenvalue weighted by molar-refractivity contribution is 9.10. The van der Waals surface area contributed by atoms with E-state index in [1.165, 1.54) is 29.1 Å². The van der Waals surface area contributed by atoms with Crippen LogP contribution in [-0.4, -0.2) is 54.8 Å². The third-order valence-electron chi connectivity index (χ3n) is 5.84. The van der Waals surface area contributed by atoms with Crippen LogP contribution >= 0.6 is 15.9 Å². The monoisotopic (exact) mass is 529 g/mol. The van der Waals surface area contributed by atoms with Crippen molar-refractivity contribution in [2.24, 2.45) is 0 Å². The van der Waals surface area contributed by atoms with E-state index in [2.05, 4.69) is 31.1 Å². The van der Waals surface area contributed by atoms with Gasteiger partial charge in [0, 0.05) is 37.2 Å². The predicted molar refractivity (Wildman–Crippen MR) is 130 cm³/mol. The van der Waals surface area contributed by atoms with Crippen molar-refractivity contribution in [1.29, 1.82) is 5.26 Å². The van der Waals surface area contributed by atoms with E-state index < -0.39 is 9.84 Å². The normalized spacial score (nSPS) is 14.9. The molecule has 8 nitrogen and oxygen atoms in total. The van der Waals surface area contributed by atoms with Gasteiger partial charge in [-0.2, -0.15) is 5.26 Å². The summed E-state index contributed by atoms with van der Waals surface area (Å²) >= 11 is 3.60. The molecule has 10 heteroatoms. The number of nitrogens with one attached hydrogen (secondary N) is 1. The largest absolute Gasteiger partial charge is 0.314 e. The highest BCUT2D eigenvalue weighted by Crippen LogP contribution is 2.24. The Morgan fingerprint density at radius 1 is 1.15 bits per heavy atom. The van der Waals surface area contributed by atoms with Crippen LogP contribution in [0.5, 0.6) is 0 Å². The second-order valence-electron chi connectivity index (χ2n) is 8.00. The highest BCUT2D eigenvalue weighted by atomic mass is 79.9. The third kappa shape index (κ3) is 5.01. The fourth-order valence-electron chi connectivity index (χ4n) is 3.98. The van der Waals surface area contributed by atoms with Gasteiger partial charge in [0.25, 0.3) is 5.56 Å². The molecule has 0 aliphatic carbocycles. The van der Waals surface area contributed by atoms with E-state index in [1.54, 1.807) is 13.0 Å². The molecule has 1 saturated heterocycles. The van der Waals surface area contributed by atoms with Crippen LogP contribution in [-0.2, 0) is 22.9 Å². The molecule has 1 aliphatic rings. The van der Waals surface area contributed by atoms with Crippen LogP contribution in [0.3, 0.4) is 0 Å². The van der Waals surface area contributed by atoms with E-state index in [-0.39, 0.29) is 22.8 Å². The van der Waals surface area contributed by atoms with Crippen LogP contribution in [0.4, 0.5) is 0 Å². The zero-order valence-electron chi connectivity index (χ0n) is 18.2. The van der Waals surface area contributed by atoms with Gasteiger partial charge in [0.15, 0.2) is 9.84 Å². The number of piperazine rings is 1. The second kappa shape index (κ2) is 9.73. The summed E-state index contributed by atoms with van der Waals surface area (Å²) in [4.78, 5) is 20.2. The van der Waals surface area contributed by atoms with Crippen molar-refractivity contribution in [3.63, 3.8) is 0 Å². The zero-order chi connectivity index (χ0) is 23.6. The number of benzene rings is 2. The Kier molecular flexibility index (Phi) is 6.95. The molecule has 0 amide bonds. The SMILES string of the molecule is CCS(=O)(=O)c1ccc(C#N)cc1Cn1cnc2cc(CN3CCNCC3)c(Br)cc2c1=O. The Labute approximate surface area is 200 Å². The summed E-state index contributed by atoms with van der Waals surface area (Å²) in [6, 6.07) is 10.2.